The molecule has 0 N–H and O–H groups in total. The maximum atomic E-state index is 10.3. The minimum atomic E-state index is -1.01. The van der Waals surface area contributed by atoms with Crippen LogP contribution in [0.25, 0.3) is 0 Å². The van der Waals surface area contributed by atoms with Crippen LogP contribution in [0.2, 0.25) is 0 Å². The van der Waals surface area contributed by atoms with Crippen LogP contribution in [0.4, 0.5) is 0 Å². The van der Waals surface area contributed by atoms with E-state index in [0.717, 1.165) is 0 Å². The molecule has 1 aliphatic rings. The predicted molar refractivity (Wildman–Crippen MR) is 30.6 cm³/mol. The van der Waals surface area contributed by atoms with E-state index in [1.165, 1.54) is 13.4 Å². The highest BCUT2D eigenvalue weighted by molar-refractivity contribution is 5.61. The number of methoxy groups -OCH3 is 1. The standard InChI is InChI=1S/C6H8O3/c1-8-6(5-7)3-2-4-9-6/h2,4-5H,3H2,1H3. The molecule has 0 radical (unpaired) electrons. The Bertz CT molecular complexity index is 131. The molecule has 50 valence electrons. The highest BCUT2D eigenvalue weighted by atomic mass is 16.7. The summed E-state index contributed by atoms with van der Waals surface area (Å²) in [6.07, 6.45) is 4.38. The Morgan fingerprint density at radius 1 is 1.89 bits per heavy atom. The maximum Gasteiger partial charge on any atom is 0.269 e. The Kier molecular flexibility index (Phi) is 1.53. The van der Waals surface area contributed by atoms with Crippen molar-refractivity contribution < 1.29 is 14.3 Å². The second kappa shape index (κ2) is 2.19. The van der Waals surface area contributed by atoms with Crippen molar-refractivity contribution in [3.05, 3.63) is 12.3 Å². The molecule has 1 rings (SSSR count). The van der Waals surface area contributed by atoms with Gasteiger partial charge in [0.25, 0.3) is 5.79 Å². The van der Waals surface area contributed by atoms with Crippen molar-refractivity contribution in [3.8, 4) is 0 Å². The van der Waals surface area contributed by atoms with Gasteiger partial charge in [-0.3, -0.25) is 4.79 Å². The van der Waals surface area contributed by atoms with Crippen molar-refractivity contribution in [1.29, 1.82) is 0 Å². The molecule has 0 saturated carbocycles. The van der Waals surface area contributed by atoms with Gasteiger partial charge in [-0.05, 0) is 6.08 Å². The average molecular weight is 128 g/mol. The van der Waals surface area contributed by atoms with E-state index in [9.17, 15) is 4.79 Å². The molecule has 3 heteroatoms. The van der Waals surface area contributed by atoms with Gasteiger partial charge in [0.2, 0.25) is 0 Å². The average Bonchev–Trinajstić information content (AvgIpc) is 2.36. The number of carbonyl (C=O) groups excluding carboxylic acids is 1. The van der Waals surface area contributed by atoms with Crippen molar-refractivity contribution in [1.82, 2.24) is 0 Å². The van der Waals surface area contributed by atoms with Crippen LogP contribution in [0.3, 0.4) is 0 Å². The summed E-state index contributed by atoms with van der Waals surface area (Å²) in [6.45, 7) is 0. The van der Waals surface area contributed by atoms with Crippen molar-refractivity contribution >= 4 is 6.29 Å². The summed E-state index contributed by atoms with van der Waals surface area (Å²) < 4.78 is 9.66. The number of ether oxygens (including phenoxy) is 2. The lowest BCUT2D eigenvalue weighted by Gasteiger charge is -2.18. The molecule has 0 fully saturated rings. The van der Waals surface area contributed by atoms with Crippen LogP contribution in [0.15, 0.2) is 12.3 Å². The van der Waals surface area contributed by atoms with Gasteiger partial charge in [-0.15, -0.1) is 0 Å². The lowest BCUT2D eigenvalue weighted by molar-refractivity contribution is -0.176. The van der Waals surface area contributed by atoms with Crippen LogP contribution < -0.4 is 0 Å². The van der Waals surface area contributed by atoms with Crippen LogP contribution >= 0.6 is 0 Å². The molecule has 9 heavy (non-hydrogen) atoms. The third-order valence-electron chi connectivity index (χ3n) is 1.29. The summed E-state index contributed by atoms with van der Waals surface area (Å²) in [5, 5.41) is 0. The second-order valence-corrected chi connectivity index (χ2v) is 1.83. The topological polar surface area (TPSA) is 35.5 Å². The zero-order valence-electron chi connectivity index (χ0n) is 5.16. The molecule has 3 nitrogen and oxygen atoms in total. The molecule has 0 saturated heterocycles. The third-order valence-corrected chi connectivity index (χ3v) is 1.29. The number of carbonyl (C=O) groups is 1. The summed E-state index contributed by atoms with van der Waals surface area (Å²) in [4.78, 5) is 10.3. The fourth-order valence-corrected chi connectivity index (χ4v) is 0.679. The molecule has 0 spiro atoms. The fraction of sp³-hybridized carbons (Fsp3) is 0.500. The zero-order valence-corrected chi connectivity index (χ0v) is 5.16. The first-order valence-corrected chi connectivity index (χ1v) is 2.67. The lowest BCUT2D eigenvalue weighted by atomic mass is 10.2. The van der Waals surface area contributed by atoms with E-state index in [0.29, 0.717) is 12.7 Å². The number of aldehydes is 1. The largest absolute Gasteiger partial charge is 0.463 e. The normalized spacial score (nSPS) is 32.1. The van der Waals surface area contributed by atoms with Gasteiger partial charge in [0, 0.05) is 13.5 Å². The summed E-state index contributed by atoms with van der Waals surface area (Å²) in [5.74, 6) is -1.01. The van der Waals surface area contributed by atoms with Gasteiger partial charge in [-0.25, -0.2) is 0 Å². The second-order valence-electron chi connectivity index (χ2n) is 1.83. The first-order chi connectivity index (χ1) is 4.33. The van der Waals surface area contributed by atoms with Gasteiger partial charge in [-0.1, -0.05) is 0 Å². The van der Waals surface area contributed by atoms with Crippen LogP contribution in [0.5, 0.6) is 0 Å². The molecule has 0 aromatic rings. The quantitative estimate of drug-likeness (QED) is 0.507. The molecule has 1 atom stereocenters. The summed E-state index contributed by atoms with van der Waals surface area (Å²) in [7, 11) is 1.45. The highest BCUT2D eigenvalue weighted by Gasteiger charge is 2.32. The smallest absolute Gasteiger partial charge is 0.269 e. The summed E-state index contributed by atoms with van der Waals surface area (Å²) in [6, 6.07) is 0. The van der Waals surface area contributed by atoms with Gasteiger partial charge in [0.05, 0.1) is 6.26 Å². The van der Waals surface area contributed by atoms with E-state index in [1.54, 1.807) is 6.08 Å². The van der Waals surface area contributed by atoms with Gasteiger partial charge in [0.1, 0.15) is 0 Å². The van der Waals surface area contributed by atoms with E-state index in [2.05, 4.69) is 0 Å². The van der Waals surface area contributed by atoms with E-state index in [-0.39, 0.29) is 0 Å². The van der Waals surface area contributed by atoms with Crippen LogP contribution in [0, 0.1) is 0 Å². The molecule has 0 bridgehead atoms. The van der Waals surface area contributed by atoms with E-state index < -0.39 is 5.79 Å². The molecule has 0 aliphatic carbocycles. The minimum Gasteiger partial charge on any atom is -0.463 e. The zero-order chi connectivity index (χ0) is 6.74. The molecule has 0 aromatic heterocycles. The highest BCUT2D eigenvalue weighted by Crippen LogP contribution is 2.20. The third kappa shape index (κ3) is 0.954. The Morgan fingerprint density at radius 3 is 2.89 bits per heavy atom. The van der Waals surface area contributed by atoms with Gasteiger partial charge in [0.15, 0.2) is 6.29 Å². The lowest BCUT2D eigenvalue weighted by Crippen LogP contribution is -2.31. The molecule has 1 aliphatic heterocycles. The fourth-order valence-electron chi connectivity index (χ4n) is 0.679. The molecule has 1 heterocycles. The number of hydrogen-bond donors (Lipinski definition) is 0. The van der Waals surface area contributed by atoms with Crippen LogP contribution in [-0.4, -0.2) is 19.2 Å². The predicted octanol–water partition coefficient (Wildman–Crippen LogP) is 0.462. The summed E-state index contributed by atoms with van der Waals surface area (Å²) in [5.41, 5.74) is 0. The van der Waals surface area contributed by atoms with Crippen molar-refractivity contribution in [2.45, 2.75) is 12.2 Å². The first kappa shape index (κ1) is 6.29. The van der Waals surface area contributed by atoms with Crippen LogP contribution in [0.1, 0.15) is 6.42 Å². The maximum absolute atomic E-state index is 10.3. The molecule has 0 aromatic carbocycles. The molecule has 0 amide bonds. The molecular weight excluding hydrogens is 120 g/mol. The Morgan fingerprint density at radius 2 is 2.67 bits per heavy atom. The SMILES string of the molecule is COC1(C=O)CC=CO1. The van der Waals surface area contributed by atoms with Gasteiger partial charge in [-0.2, -0.15) is 0 Å². The Labute approximate surface area is 53.3 Å². The number of hydrogen-bond acceptors (Lipinski definition) is 3. The van der Waals surface area contributed by atoms with Gasteiger partial charge < -0.3 is 9.47 Å². The van der Waals surface area contributed by atoms with Crippen molar-refractivity contribution in [2.24, 2.45) is 0 Å². The van der Waals surface area contributed by atoms with Crippen molar-refractivity contribution in [3.63, 3.8) is 0 Å². The minimum absolute atomic E-state index is 0.507. The Balaban J connectivity index is 2.60. The first-order valence-electron chi connectivity index (χ1n) is 2.67. The number of rotatable bonds is 2. The Hall–Kier alpha value is -0.830. The molecule has 1 unspecified atom stereocenters. The van der Waals surface area contributed by atoms with E-state index in [4.69, 9.17) is 9.47 Å². The monoisotopic (exact) mass is 128 g/mol. The van der Waals surface area contributed by atoms with E-state index >= 15 is 0 Å². The van der Waals surface area contributed by atoms with Gasteiger partial charge >= 0.3 is 0 Å². The summed E-state index contributed by atoms with van der Waals surface area (Å²) >= 11 is 0. The van der Waals surface area contributed by atoms with Crippen LogP contribution in [-0.2, 0) is 14.3 Å². The van der Waals surface area contributed by atoms with Crippen molar-refractivity contribution in [2.75, 3.05) is 7.11 Å². The van der Waals surface area contributed by atoms with E-state index in [1.807, 2.05) is 0 Å². The molecular formula is C6H8O3.